The van der Waals surface area contributed by atoms with Gasteiger partial charge in [0.05, 0.1) is 12.2 Å². The molecule has 1 heterocycles. The van der Waals surface area contributed by atoms with Crippen molar-refractivity contribution in [1.82, 2.24) is 9.80 Å². The van der Waals surface area contributed by atoms with Crippen LogP contribution in [-0.4, -0.2) is 74.5 Å². The fourth-order valence-corrected chi connectivity index (χ4v) is 3.89. The first-order chi connectivity index (χ1) is 13.7. The van der Waals surface area contributed by atoms with E-state index in [1.807, 2.05) is 36.4 Å². The molecule has 3 rings (SSSR count). The second-order valence-electron chi connectivity index (χ2n) is 7.37. The number of piperazine rings is 1. The lowest BCUT2D eigenvalue weighted by Crippen LogP contribution is -2.50. The minimum Gasteiger partial charge on any atom is -0.389 e. The number of nitrogens with zero attached hydrogens (tertiary/aromatic N) is 2. The Morgan fingerprint density at radius 1 is 0.750 bits per heavy atom. The van der Waals surface area contributed by atoms with Crippen LogP contribution in [0.3, 0.4) is 0 Å². The molecule has 3 atom stereocenters. The van der Waals surface area contributed by atoms with Crippen LogP contribution in [-0.2, 0) is 9.47 Å². The minimum atomic E-state index is -0.546. The number of β-amino-alcohol motifs (C(OH)–C–C–N with tert-alkyl or cyclic N) is 1. The number of hydrogen-bond donors (Lipinski definition) is 1. The minimum absolute atomic E-state index is 0.0919. The molecule has 2 aromatic carbocycles. The molecule has 1 fully saturated rings. The van der Waals surface area contributed by atoms with Gasteiger partial charge < -0.3 is 14.6 Å². The molecule has 1 aliphatic heterocycles. The average Bonchev–Trinajstić information content (AvgIpc) is 2.75. The first-order valence-electron chi connectivity index (χ1n) is 9.99. The van der Waals surface area contributed by atoms with E-state index in [1.165, 1.54) is 5.56 Å². The van der Waals surface area contributed by atoms with Gasteiger partial charge in [0, 0.05) is 53.5 Å². The van der Waals surface area contributed by atoms with Crippen molar-refractivity contribution in [2.24, 2.45) is 0 Å². The summed E-state index contributed by atoms with van der Waals surface area (Å²) in [6, 6.07) is 20.3. The number of methoxy groups -OCH3 is 2. The molecule has 0 aliphatic carbocycles. The Morgan fingerprint density at radius 2 is 1.25 bits per heavy atom. The van der Waals surface area contributed by atoms with Crippen molar-refractivity contribution in [2.75, 3.05) is 53.5 Å². The topological polar surface area (TPSA) is 45.2 Å². The fraction of sp³-hybridized carbons (Fsp3) is 0.478. The predicted octanol–water partition coefficient (Wildman–Crippen LogP) is 2.74. The SMILES string of the molecule is CO[C@H](CN1CCN(C[C@@H](O)[C@@H](OC)c2ccccc2)CC1)c1ccccc1. The molecule has 152 valence electrons. The highest BCUT2D eigenvalue weighted by Crippen LogP contribution is 2.22. The monoisotopic (exact) mass is 384 g/mol. The van der Waals surface area contributed by atoms with Crippen LogP contribution in [0.1, 0.15) is 23.3 Å². The summed E-state index contributed by atoms with van der Waals surface area (Å²) >= 11 is 0. The van der Waals surface area contributed by atoms with E-state index < -0.39 is 6.10 Å². The van der Waals surface area contributed by atoms with E-state index in [-0.39, 0.29) is 12.2 Å². The van der Waals surface area contributed by atoms with Crippen LogP contribution in [0, 0.1) is 0 Å². The van der Waals surface area contributed by atoms with E-state index >= 15 is 0 Å². The molecule has 0 saturated carbocycles. The molecule has 0 spiro atoms. The second kappa shape index (κ2) is 10.7. The maximum atomic E-state index is 10.7. The number of benzene rings is 2. The summed E-state index contributed by atoms with van der Waals surface area (Å²) in [5.74, 6) is 0. The lowest BCUT2D eigenvalue weighted by atomic mass is 10.0. The zero-order valence-corrected chi connectivity index (χ0v) is 16.9. The van der Waals surface area contributed by atoms with Crippen molar-refractivity contribution in [3.63, 3.8) is 0 Å². The molecule has 5 nitrogen and oxygen atoms in total. The van der Waals surface area contributed by atoms with Crippen LogP contribution in [0.2, 0.25) is 0 Å². The first-order valence-corrected chi connectivity index (χ1v) is 9.99. The van der Waals surface area contributed by atoms with Crippen molar-refractivity contribution in [1.29, 1.82) is 0 Å². The van der Waals surface area contributed by atoms with Gasteiger partial charge in [-0.05, 0) is 11.1 Å². The van der Waals surface area contributed by atoms with Gasteiger partial charge in [-0.3, -0.25) is 9.80 Å². The van der Waals surface area contributed by atoms with Gasteiger partial charge in [-0.1, -0.05) is 60.7 Å². The predicted molar refractivity (Wildman–Crippen MR) is 111 cm³/mol. The van der Waals surface area contributed by atoms with Crippen LogP contribution in [0.5, 0.6) is 0 Å². The lowest BCUT2D eigenvalue weighted by molar-refractivity contribution is -0.0376. The van der Waals surface area contributed by atoms with Crippen LogP contribution < -0.4 is 0 Å². The molecule has 2 aromatic rings. The van der Waals surface area contributed by atoms with Crippen molar-refractivity contribution in [2.45, 2.75) is 18.3 Å². The van der Waals surface area contributed by atoms with Gasteiger partial charge in [0.2, 0.25) is 0 Å². The smallest absolute Gasteiger partial charge is 0.109 e. The third kappa shape index (κ3) is 5.63. The molecule has 1 N–H and O–H groups in total. The number of rotatable bonds is 9. The summed E-state index contributed by atoms with van der Waals surface area (Å²) in [6.07, 6.45) is -0.750. The highest BCUT2D eigenvalue weighted by atomic mass is 16.5. The highest BCUT2D eigenvalue weighted by Gasteiger charge is 2.26. The Labute approximate surface area is 168 Å². The van der Waals surface area contributed by atoms with E-state index in [4.69, 9.17) is 9.47 Å². The Morgan fingerprint density at radius 3 is 1.75 bits per heavy atom. The average molecular weight is 385 g/mol. The third-order valence-corrected chi connectivity index (χ3v) is 5.52. The zero-order valence-electron chi connectivity index (χ0n) is 16.9. The summed E-state index contributed by atoms with van der Waals surface area (Å²) < 4.78 is 11.3. The molecule has 5 heteroatoms. The number of aliphatic hydroxyl groups excluding tert-OH is 1. The Kier molecular flexibility index (Phi) is 8.01. The van der Waals surface area contributed by atoms with Gasteiger partial charge >= 0.3 is 0 Å². The van der Waals surface area contributed by atoms with Crippen molar-refractivity contribution in [3.05, 3.63) is 71.8 Å². The molecule has 0 aromatic heterocycles. The van der Waals surface area contributed by atoms with Crippen molar-refractivity contribution >= 4 is 0 Å². The standard InChI is InChI=1S/C23H32N2O3/c1-27-22(19-9-5-3-6-10-19)18-25-15-13-24(14-16-25)17-21(26)23(28-2)20-11-7-4-8-12-20/h3-12,21-23,26H,13-18H2,1-2H3/t21-,22-,23+/m1/s1. The summed E-state index contributed by atoms with van der Waals surface area (Å²) in [6.45, 7) is 5.33. The summed E-state index contributed by atoms with van der Waals surface area (Å²) in [5, 5.41) is 10.7. The third-order valence-electron chi connectivity index (χ3n) is 5.52. The van der Waals surface area contributed by atoms with E-state index in [1.54, 1.807) is 14.2 Å². The van der Waals surface area contributed by atoms with E-state index in [0.29, 0.717) is 6.54 Å². The van der Waals surface area contributed by atoms with Crippen LogP contribution in [0.4, 0.5) is 0 Å². The van der Waals surface area contributed by atoms with Gasteiger partial charge in [0.25, 0.3) is 0 Å². The number of aliphatic hydroxyl groups is 1. The fourth-order valence-electron chi connectivity index (χ4n) is 3.89. The summed E-state index contributed by atoms with van der Waals surface area (Å²) in [5.41, 5.74) is 2.23. The quantitative estimate of drug-likeness (QED) is 0.720. The van der Waals surface area contributed by atoms with E-state index in [0.717, 1.165) is 38.3 Å². The molecule has 0 radical (unpaired) electrons. The van der Waals surface area contributed by atoms with Crippen molar-refractivity contribution in [3.8, 4) is 0 Å². The molecular weight excluding hydrogens is 352 g/mol. The van der Waals surface area contributed by atoms with Crippen LogP contribution in [0.25, 0.3) is 0 Å². The first kappa shape index (κ1) is 21.0. The number of hydrogen-bond acceptors (Lipinski definition) is 5. The summed E-state index contributed by atoms with van der Waals surface area (Å²) in [4.78, 5) is 4.76. The Hall–Kier alpha value is -1.76. The zero-order chi connectivity index (χ0) is 19.8. The lowest BCUT2D eigenvalue weighted by Gasteiger charge is -2.37. The van der Waals surface area contributed by atoms with E-state index in [9.17, 15) is 5.11 Å². The molecule has 0 unspecified atom stereocenters. The normalized spacial score (nSPS) is 19.2. The van der Waals surface area contributed by atoms with Gasteiger partial charge in [-0.15, -0.1) is 0 Å². The van der Waals surface area contributed by atoms with Gasteiger partial charge in [-0.2, -0.15) is 0 Å². The molecule has 1 saturated heterocycles. The van der Waals surface area contributed by atoms with Crippen molar-refractivity contribution < 1.29 is 14.6 Å². The Bertz CT molecular complexity index is 675. The molecular formula is C23H32N2O3. The Balaban J connectivity index is 1.48. The van der Waals surface area contributed by atoms with E-state index in [2.05, 4.69) is 34.1 Å². The molecule has 28 heavy (non-hydrogen) atoms. The van der Waals surface area contributed by atoms with Gasteiger partial charge in [-0.25, -0.2) is 0 Å². The second-order valence-corrected chi connectivity index (χ2v) is 7.37. The molecule has 1 aliphatic rings. The molecule has 0 bridgehead atoms. The van der Waals surface area contributed by atoms with Gasteiger partial charge in [0.1, 0.15) is 6.10 Å². The largest absolute Gasteiger partial charge is 0.389 e. The maximum Gasteiger partial charge on any atom is 0.109 e. The maximum absolute atomic E-state index is 10.7. The van der Waals surface area contributed by atoms with Crippen LogP contribution in [0.15, 0.2) is 60.7 Å². The summed E-state index contributed by atoms with van der Waals surface area (Å²) in [7, 11) is 3.44. The highest BCUT2D eigenvalue weighted by molar-refractivity contribution is 5.19. The molecule has 0 amide bonds. The van der Waals surface area contributed by atoms with Gasteiger partial charge in [0.15, 0.2) is 0 Å². The number of ether oxygens (including phenoxy) is 2. The van der Waals surface area contributed by atoms with Crippen LogP contribution >= 0.6 is 0 Å².